The topological polar surface area (TPSA) is 67.4 Å². The molecule has 1 fully saturated rings. The van der Waals surface area contributed by atoms with Gasteiger partial charge in [0.15, 0.2) is 0 Å². The lowest BCUT2D eigenvalue weighted by atomic mass is 10.3. The van der Waals surface area contributed by atoms with E-state index in [0.717, 1.165) is 5.69 Å². The number of hydrogen-bond donors (Lipinski definition) is 1. The first-order valence-corrected chi connectivity index (χ1v) is 6.55. The van der Waals surface area contributed by atoms with Gasteiger partial charge in [0.05, 0.1) is 13.2 Å². The van der Waals surface area contributed by atoms with Gasteiger partial charge in [-0.1, -0.05) is 0 Å². The van der Waals surface area contributed by atoms with Crippen LogP contribution in [0.1, 0.15) is 30.0 Å². The van der Waals surface area contributed by atoms with Crippen LogP contribution in [0.15, 0.2) is 6.07 Å². The Hall–Kier alpha value is -1.69. The molecule has 0 bridgehead atoms. The molecule has 0 radical (unpaired) electrons. The van der Waals surface area contributed by atoms with Crippen molar-refractivity contribution in [3.05, 3.63) is 17.5 Å². The first-order chi connectivity index (χ1) is 9.06. The molecule has 2 rings (SSSR count). The molecule has 1 aromatic heterocycles. The lowest BCUT2D eigenvalue weighted by Crippen LogP contribution is -2.41. The van der Waals surface area contributed by atoms with Gasteiger partial charge >= 0.3 is 0 Å². The molecule has 0 aliphatic carbocycles. The largest absolute Gasteiger partial charge is 0.378 e. The van der Waals surface area contributed by atoms with Gasteiger partial charge in [-0.3, -0.25) is 4.79 Å². The van der Waals surface area contributed by atoms with Gasteiger partial charge in [-0.05, 0) is 26.8 Å². The number of nitrogens with one attached hydrogen (secondary N) is 1. The van der Waals surface area contributed by atoms with Gasteiger partial charge < -0.3 is 15.0 Å². The van der Waals surface area contributed by atoms with E-state index in [9.17, 15) is 4.79 Å². The van der Waals surface area contributed by atoms with Crippen LogP contribution in [0.2, 0.25) is 0 Å². The smallest absolute Gasteiger partial charge is 0.272 e. The number of anilines is 1. The summed E-state index contributed by atoms with van der Waals surface area (Å²) in [7, 11) is 0. The van der Waals surface area contributed by atoms with Crippen LogP contribution in [0, 0.1) is 6.92 Å². The molecule has 1 aromatic rings. The fourth-order valence-electron chi connectivity index (χ4n) is 1.93. The third-order valence-corrected chi connectivity index (χ3v) is 2.79. The van der Waals surface area contributed by atoms with Gasteiger partial charge in [0.1, 0.15) is 5.69 Å². The lowest BCUT2D eigenvalue weighted by molar-refractivity contribution is 0.0299. The normalized spacial score (nSPS) is 15.7. The third kappa shape index (κ3) is 3.64. The van der Waals surface area contributed by atoms with Crippen LogP contribution in [0.5, 0.6) is 0 Å². The number of carbonyl (C=O) groups is 1. The quantitative estimate of drug-likeness (QED) is 0.884. The molecule has 6 heteroatoms. The molecular weight excluding hydrogens is 244 g/mol. The van der Waals surface area contributed by atoms with Crippen LogP contribution in [0.4, 0.5) is 5.95 Å². The first-order valence-electron chi connectivity index (χ1n) is 6.55. The van der Waals surface area contributed by atoms with Gasteiger partial charge in [-0.2, -0.15) is 0 Å². The molecular formula is C13H20N4O2. The summed E-state index contributed by atoms with van der Waals surface area (Å²) < 4.78 is 5.25. The average Bonchev–Trinajstić information content (AvgIpc) is 2.37. The lowest BCUT2D eigenvalue weighted by Gasteiger charge is -2.26. The summed E-state index contributed by atoms with van der Waals surface area (Å²) in [5, 5.41) is 3.13. The molecule has 0 atom stereocenters. The van der Waals surface area contributed by atoms with Gasteiger partial charge in [0, 0.05) is 24.8 Å². The van der Waals surface area contributed by atoms with E-state index >= 15 is 0 Å². The maximum absolute atomic E-state index is 12.3. The minimum absolute atomic E-state index is 0.0550. The van der Waals surface area contributed by atoms with E-state index in [2.05, 4.69) is 15.3 Å². The van der Waals surface area contributed by atoms with Crippen molar-refractivity contribution >= 4 is 11.9 Å². The van der Waals surface area contributed by atoms with Crippen molar-refractivity contribution in [2.24, 2.45) is 0 Å². The molecule has 0 spiro atoms. The predicted molar refractivity (Wildman–Crippen MR) is 72.3 cm³/mol. The summed E-state index contributed by atoms with van der Waals surface area (Å²) >= 11 is 0. The molecule has 6 nitrogen and oxygen atoms in total. The molecule has 1 amide bonds. The number of nitrogens with zero attached hydrogens (tertiary/aromatic N) is 3. The first kappa shape index (κ1) is 13.7. The van der Waals surface area contributed by atoms with Gasteiger partial charge in [-0.25, -0.2) is 9.97 Å². The monoisotopic (exact) mass is 264 g/mol. The zero-order chi connectivity index (χ0) is 13.8. The van der Waals surface area contributed by atoms with Crippen LogP contribution in [-0.4, -0.2) is 53.1 Å². The number of aromatic nitrogens is 2. The second-order valence-electron chi connectivity index (χ2n) is 4.92. The van der Waals surface area contributed by atoms with Gasteiger partial charge in [-0.15, -0.1) is 0 Å². The highest BCUT2D eigenvalue weighted by Crippen LogP contribution is 2.10. The highest BCUT2D eigenvalue weighted by atomic mass is 16.5. The fourth-order valence-corrected chi connectivity index (χ4v) is 1.93. The predicted octanol–water partition coefficient (Wildman–Crippen LogP) is 1.08. The summed E-state index contributed by atoms with van der Waals surface area (Å²) in [4.78, 5) is 22.7. The highest BCUT2D eigenvalue weighted by molar-refractivity contribution is 5.92. The van der Waals surface area contributed by atoms with Crippen molar-refractivity contribution in [2.45, 2.75) is 26.8 Å². The minimum Gasteiger partial charge on any atom is -0.378 e. The molecule has 0 unspecified atom stereocenters. The maximum Gasteiger partial charge on any atom is 0.272 e. The van der Waals surface area contributed by atoms with Crippen molar-refractivity contribution in [3.63, 3.8) is 0 Å². The maximum atomic E-state index is 12.3. The minimum atomic E-state index is -0.0550. The Kier molecular flexibility index (Phi) is 4.31. The molecule has 0 saturated carbocycles. The summed E-state index contributed by atoms with van der Waals surface area (Å²) in [6.07, 6.45) is 0. The number of rotatable bonds is 3. The van der Waals surface area contributed by atoms with Crippen molar-refractivity contribution in [3.8, 4) is 0 Å². The summed E-state index contributed by atoms with van der Waals surface area (Å²) in [5.74, 6) is 0.451. The van der Waals surface area contributed by atoms with Gasteiger partial charge in [0.2, 0.25) is 5.95 Å². The number of carbonyl (C=O) groups excluding carboxylic acids is 1. The molecule has 1 saturated heterocycles. The Bertz CT molecular complexity index is 456. The number of aryl methyl sites for hydroxylation is 1. The molecule has 19 heavy (non-hydrogen) atoms. The molecule has 1 N–H and O–H groups in total. The van der Waals surface area contributed by atoms with E-state index < -0.39 is 0 Å². The number of amides is 1. The average molecular weight is 264 g/mol. The summed E-state index contributed by atoms with van der Waals surface area (Å²) in [6.45, 7) is 8.30. The van der Waals surface area contributed by atoms with E-state index in [1.54, 1.807) is 11.0 Å². The Balaban J connectivity index is 2.18. The van der Waals surface area contributed by atoms with Crippen LogP contribution < -0.4 is 5.32 Å². The zero-order valence-electron chi connectivity index (χ0n) is 11.6. The van der Waals surface area contributed by atoms with E-state index in [-0.39, 0.29) is 11.9 Å². The number of morpholine rings is 1. The van der Waals surface area contributed by atoms with Crippen LogP contribution in [0.3, 0.4) is 0 Å². The van der Waals surface area contributed by atoms with Gasteiger partial charge in [0.25, 0.3) is 5.91 Å². The van der Waals surface area contributed by atoms with Crippen molar-refractivity contribution in [1.29, 1.82) is 0 Å². The van der Waals surface area contributed by atoms with Crippen LogP contribution in [0.25, 0.3) is 0 Å². The van der Waals surface area contributed by atoms with Crippen molar-refractivity contribution in [2.75, 3.05) is 31.6 Å². The standard InChI is InChI=1S/C13H20N4O2/c1-9(2)14-13-15-10(3)8-11(16-13)12(18)17-4-6-19-7-5-17/h8-9H,4-7H2,1-3H3,(H,14,15,16). The Morgan fingerprint density at radius 1 is 1.37 bits per heavy atom. The zero-order valence-corrected chi connectivity index (χ0v) is 11.6. The Labute approximate surface area is 113 Å². The molecule has 1 aliphatic rings. The van der Waals surface area contributed by atoms with Crippen molar-refractivity contribution < 1.29 is 9.53 Å². The number of hydrogen-bond acceptors (Lipinski definition) is 5. The van der Waals surface area contributed by atoms with E-state index in [1.165, 1.54) is 0 Å². The second kappa shape index (κ2) is 5.97. The Morgan fingerprint density at radius 3 is 2.68 bits per heavy atom. The van der Waals surface area contributed by atoms with Crippen LogP contribution in [-0.2, 0) is 4.74 Å². The van der Waals surface area contributed by atoms with E-state index in [0.29, 0.717) is 37.9 Å². The second-order valence-corrected chi connectivity index (χ2v) is 4.92. The fraction of sp³-hybridized carbons (Fsp3) is 0.615. The molecule has 0 aromatic carbocycles. The summed E-state index contributed by atoms with van der Waals surface area (Å²) in [5.41, 5.74) is 1.23. The third-order valence-electron chi connectivity index (χ3n) is 2.79. The van der Waals surface area contributed by atoms with E-state index in [1.807, 2.05) is 20.8 Å². The SMILES string of the molecule is Cc1cc(C(=O)N2CCOCC2)nc(NC(C)C)n1. The number of ether oxygens (including phenoxy) is 1. The molecule has 104 valence electrons. The molecule has 2 heterocycles. The highest BCUT2D eigenvalue weighted by Gasteiger charge is 2.20. The van der Waals surface area contributed by atoms with Crippen LogP contribution >= 0.6 is 0 Å². The van der Waals surface area contributed by atoms with Crippen molar-refractivity contribution in [1.82, 2.24) is 14.9 Å². The summed E-state index contributed by atoms with van der Waals surface area (Å²) in [6, 6.07) is 1.96. The van der Waals surface area contributed by atoms with E-state index in [4.69, 9.17) is 4.74 Å². The molecule has 1 aliphatic heterocycles. The Morgan fingerprint density at radius 2 is 2.05 bits per heavy atom.